The van der Waals surface area contributed by atoms with Gasteiger partial charge in [0, 0.05) is 27.9 Å². The van der Waals surface area contributed by atoms with Crippen molar-refractivity contribution in [2.75, 3.05) is 14.1 Å². The predicted octanol–water partition coefficient (Wildman–Crippen LogP) is 1.44. The molecule has 0 fully saturated rings. The lowest BCUT2D eigenvalue weighted by atomic mass is 10.2. The van der Waals surface area contributed by atoms with Gasteiger partial charge < -0.3 is 4.74 Å². The van der Waals surface area contributed by atoms with Gasteiger partial charge in [0.2, 0.25) is 5.91 Å². The van der Waals surface area contributed by atoms with Crippen molar-refractivity contribution in [2.24, 2.45) is 0 Å². The zero-order valence-corrected chi connectivity index (χ0v) is 12.5. The molecule has 1 aromatic rings. The quantitative estimate of drug-likeness (QED) is 0.363. The Morgan fingerprint density at radius 3 is 2.05 bits per heavy atom. The van der Waals surface area contributed by atoms with E-state index < -0.39 is 17.8 Å². The average Bonchev–Trinajstić information content (AvgIpc) is 2.37. The molecular weight excluding hydrogens is 272 g/mol. The normalized spacial score (nSPS) is 11.2. The average molecular weight is 290 g/mol. The van der Waals surface area contributed by atoms with Crippen LogP contribution in [0.1, 0.15) is 19.4 Å². The monoisotopic (exact) mass is 290 g/mol. The molecule has 0 N–H and O–H groups in total. The highest BCUT2D eigenvalue weighted by atomic mass is 16.5. The number of ether oxygens (including phenoxy) is 1. The van der Waals surface area contributed by atoms with Crippen LogP contribution in [0.25, 0.3) is 6.08 Å². The molecule has 0 radical (unpaired) electrons. The molecular formula is C15H18N2O4. The van der Waals surface area contributed by atoms with Crippen LogP contribution in [0.5, 0.6) is 0 Å². The SMILES string of the molecule is CC(=O)O/C(=C/c1ccccc1)C(=O)N(C(C)=O)N(C)C. The van der Waals surface area contributed by atoms with Crippen LogP contribution in [0.3, 0.4) is 0 Å². The second-order valence-corrected chi connectivity index (χ2v) is 4.50. The largest absolute Gasteiger partial charge is 0.421 e. The van der Waals surface area contributed by atoms with Crippen LogP contribution in [0, 0.1) is 0 Å². The van der Waals surface area contributed by atoms with Crippen LogP contribution in [0.2, 0.25) is 0 Å². The van der Waals surface area contributed by atoms with E-state index in [1.165, 1.54) is 24.9 Å². The lowest BCUT2D eigenvalue weighted by Crippen LogP contribution is -2.46. The van der Waals surface area contributed by atoms with Crippen LogP contribution in [-0.4, -0.2) is 41.9 Å². The molecule has 0 aliphatic rings. The molecule has 0 aliphatic carbocycles. The van der Waals surface area contributed by atoms with Crippen LogP contribution >= 0.6 is 0 Å². The maximum absolute atomic E-state index is 12.4. The van der Waals surface area contributed by atoms with Crippen LogP contribution in [0.15, 0.2) is 36.1 Å². The first-order valence-electron chi connectivity index (χ1n) is 6.30. The van der Waals surface area contributed by atoms with Crippen LogP contribution in [0.4, 0.5) is 0 Å². The van der Waals surface area contributed by atoms with Gasteiger partial charge >= 0.3 is 11.9 Å². The topological polar surface area (TPSA) is 66.9 Å². The molecule has 1 aromatic carbocycles. The summed E-state index contributed by atoms with van der Waals surface area (Å²) in [5.74, 6) is -2.02. The minimum Gasteiger partial charge on any atom is -0.421 e. The smallest absolute Gasteiger partial charge is 0.311 e. The molecule has 2 amide bonds. The first kappa shape index (κ1) is 16.6. The first-order chi connectivity index (χ1) is 9.82. The molecule has 0 unspecified atom stereocenters. The highest BCUT2D eigenvalue weighted by Crippen LogP contribution is 2.12. The van der Waals surface area contributed by atoms with Crippen molar-refractivity contribution in [3.05, 3.63) is 41.7 Å². The Balaban J connectivity index is 3.19. The van der Waals surface area contributed by atoms with E-state index in [2.05, 4.69) is 0 Å². The lowest BCUT2D eigenvalue weighted by molar-refractivity contribution is -0.160. The number of carbonyl (C=O) groups is 3. The van der Waals surface area contributed by atoms with E-state index >= 15 is 0 Å². The zero-order valence-electron chi connectivity index (χ0n) is 12.5. The number of rotatable bonds is 4. The van der Waals surface area contributed by atoms with Gasteiger partial charge in [-0.2, -0.15) is 0 Å². The highest BCUT2D eigenvalue weighted by molar-refractivity contribution is 6.05. The van der Waals surface area contributed by atoms with E-state index in [4.69, 9.17) is 4.74 Å². The van der Waals surface area contributed by atoms with Crippen molar-refractivity contribution in [1.82, 2.24) is 10.0 Å². The molecule has 1 rings (SSSR count). The van der Waals surface area contributed by atoms with Gasteiger partial charge in [0.25, 0.3) is 0 Å². The number of hydrazine groups is 1. The predicted molar refractivity (Wildman–Crippen MR) is 77.4 cm³/mol. The summed E-state index contributed by atoms with van der Waals surface area (Å²) in [6.07, 6.45) is 1.42. The van der Waals surface area contributed by atoms with Crippen LogP contribution in [-0.2, 0) is 19.1 Å². The summed E-state index contributed by atoms with van der Waals surface area (Å²) in [4.78, 5) is 35.1. The van der Waals surface area contributed by atoms with Crippen LogP contribution < -0.4 is 0 Å². The van der Waals surface area contributed by atoms with E-state index in [-0.39, 0.29) is 5.76 Å². The Bertz CT molecular complexity index is 564. The van der Waals surface area contributed by atoms with Gasteiger partial charge in [-0.3, -0.25) is 14.4 Å². The van der Waals surface area contributed by atoms with Gasteiger partial charge in [-0.1, -0.05) is 30.3 Å². The van der Waals surface area contributed by atoms with E-state index in [9.17, 15) is 14.4 Å². The standard InChI is InChI=1S/C15H18N2O4/c1-11(18)17(16(3)4)15(20)14(21-12(2)19)10-13-8-6-5-7-9-13/h5-10H,1-4H3/b14-10+. The second-order valence-electron chi connectivity index (χ2n) is 4.50. The number of esters is 1. The number of imide groups is 1. The molecule has 0 spiro atoms. The fourth-order valence-corrected chi connectivity index (χ4v) is 1.70. The Hall–Kier alpha value is -2.47. The van der Waals surface area contributed by atoms with Gasteiger partial charge in [0.15, 0.2) is 5.76 Å². The molecule has 6 heteroatoms. The Morgan fingerprint density at radius 2 is 1.62 bits per heavy atom. The van der Waals surface area contributed by atoms with Crippen molar-refractivity contribution in [1.29, 1.82) is 0 Å². The number of carbonyl (C=O) groups excluding carboxylic acids is 3. The molecule has 21 heavy (non-hydrogen) atoms. The van der Waals surface area contributed by atoms with Crippen molar-refractivity contribution in [2.45, 2.75) is 13.8 Å². The minimum absolute atomic E-state index is 0.211. The maximum atomic E-state index is 12.4. The number of nitrogens with zero attached hydrogens (tertiary/aromatic N) is 2. The molecule has 0 atom stereocenters. The second kappa shape index (κ2) is 7.35. The van der Waals surface area contributed by atoms with Crippen molar-refractivity contribution >= 4 is 23.9 Å². The lowest BCUT2D eigenvalue weighted by Gasteiger charge is -2.25. The summed E-state index contributed by atoms with van der Waals surface area (Å²) in [5.41, 5.74) is 0.685. The Labute approximate surface area is 123 Å². The summed E-state index contributed by atoms with van der Waals surface area (Å²) in [7, 11) is 3.10. The molecule has 0 bridgehead atoms. The molecule has 6 nitrogen and oxygen atoms in total. The Morgan fingerprint density at radius 1 is 1.05 bits per heavy atom. The molecule has 112 valence electrons. The first-order valence-corrected chi connectivity index (χ1v) is 6.30. The third kappa shape index (κ3) is 4.85. The third-order valence-electron chi connectivity index (χ3n) is 2.45. The van der Waals surface area contributed by atoms with Crippen molar-refractivity contribution in [3.8, 4) is 0 Å². The molecule has 0 aliphatic heterocycles. The maximum Gasteiger partial charge on any atom is 0.311 e. The van der Waals surface area contributed by atoms with Gasteiger partial charge in [-0.05, 0) is 11.6 Å². The zero-order chi connectivity index (χ0) is 16.0. The molecule has 0 saturated heterocycles. The molecule has 0 heterocycles. The number of benzene rings is 1. The number of hydrogen-bond acceptors (Lipinski definition) is 5. The summed E-state index contributed by atoms with van der Waals surface area (Å²) >= 11 is 0. The van der Waals surface area contributed by atoms with Gasteiger partial charge in [-0.25, -0.2) is 10.0 Å². The molecule has 0 aromatic heterocycles. The van der Waals surface area contributed by atoms with E-state index in [1.54, 1.807) is 38.4 Å². The third-order valence-corrected chi connectivity index (χ3v) is 2.45. The summed E-state index contributed by atoms with van der Waals surface area (Å²) in [6.45, 7) is 2.45. The van der Waals surface area contributed by atoms with E-state index in [0.29, 0.717) is 5.56 Å². The summed E-state index contributed by atoms with van der Waals surface area (Å²) in [6, 6.07) is 8.91. The van der Waals surface area contributed by atoms with E-state index in [0.717, 1.165) is 5.01 Å². The van der Waals surface area contributed by atoms with Gasteiger partial charge in [0.1, 0.15) is 0 Å². The highest BCUT2D eigenvalue weighted by Gasteiger charge is 2.26. The summed E-state index contributed by atoms with van der Waals surface area (Å²) < 4.78 is 4.95. The Kier molecular flexibility index (Phi) is 5.80. The number of amides is 2. The van der Waals surface area contributed by atoms with Gasteiger partial charge in [0.05, 0.1) is 0 Å². The van der Waals surface area contributed by atoms with Gasteiger partial charge in [-0.15, -0.1) is 0 Å². The number of hydrogen-bond donors (Lipinski definition) is 0. The minimum atomic E-state index is -0.702. The van der Waals surface area contributed by atoms with Crippen molar-refractivity contribution < 1.29 is 19.1 Å². The fourth-order valence-electron chi connectivity index (χ4n) is 1.70. The van der Waals surface area contributed by atoms with Crippen molar-refractivity contribution in [3.63, 3.8) is 0 Å². The fraction of sp³-hybridized carbons (Fsp3) is 0.267. The summed E-state index contributed by atoms with van der Waals surface area (Å²) in [5, 5.41) is 2.21. The molecule has 0 saturated carbocycles. The van der Waals surface area contributed by atoms with E-state index in [1.807, 2.05) is 6.07 Å².